The molecule has 1 N–H and O–H groups in total. The fourth-order valence-electron chi connectivity index (χ4n) is 4.25. The Labute approximate surface area is 188 Å². The zero-order chi connectivity index (χ0) is 22.1. The van der Waals surface area contributed by atoms with Gasteiger partial charge in [-0.25, -0.2) is 8.42 Å². The molecule has 162 valence electrons. The van der Waals surface area contributed by atoms with Crippen LogP contribution in [0.3, 0.4) is 0 Å². The van der Waals surface area contributed by atoms with Gasteiger partial charge in [-0.3, -0.25) is 4.79 Å². The van der Waals surface area contributed by atoms with Crippen LogP contribution in [0, 0.1) is 26.7 Å². The fraction of sp³-hybridized carbons (Fsp3) is 0.435. The van der Waals surface area contributed by atoms with Gasteiger partial charge in [0, 0.05) is 23.5 Å². The first kappa shape index (κ1) is 23.0. The molecule has 0 aliphatic carbocycles. The number of piperidine rings is 1. The molecule has 0 bridgehead atoms. The SMILES string of the molecule is Cc1cc(C)c(S(=O)(=O)N2CCC(C(=O)NC(C)c3cccc(Br)c3)CC2)c(C)c1. The molecule has 0 radical (unpaired) electrons. The highest BCUT2D eigenvalue weighted by atomic mass is 79.9. The summed E-state index contributed by atoms with van der Waals surface area (Å²) in [5.41, 5.74) is 3.63. The minimum absolute atomic E-state index is 0.0118. The molecule has 7 heteroatoms. The fourth-order valence-corrected chi connectivity index (χ4v) is 6.55. The van der Waals surface area contributed by atoms with Crippen molar-refractivity contribution in [3.8, 4) is 0 Å². The van der Waals surface area contributed by atoms with E-state index >= 15 is 0 Å². The van der Waals surface area contributed by atoms with Gasteiger partial charge in [0.2, 0.25) is 15.9 Å². The first-order valence-electron chi connectivity index (χ1n) is 10.2. The Bertz CT molecular complexity index is 1020. The van der Waals surface area contributed by atoms with Gasteiger partial charge in [0.1, 0.15) is 0 Å². The highest BCUT2D eigenvalue weighted by molar-refractivity contribution is 9.10. The molecule has 1 aliphatic rings. The maximum atomic E-state index is 13.2. The third-order valence-electron chi connectivity index (χ3n) is 5.73. The Morgan fingerprint density at radius 1 is 1.10 bits per heavy atom. The minimum Gasteiger partial charge on any atom is -0.349 e. The Hall–Kier alpha value is -1.70. The summed E-state index contributed by atoms with van der Waals surface area (Å²) < 4.78 is 29.0. The molecule has 1 aliphatic heterocycles. The van der Waals surface area contributed by atoms with E-state index in [1.807, 2.05) is 64.1 Å². The third-order valence-corrected chi connectivity index (χ3v) is 8.43. The van der Waals surface area contributed by atoms with Crippen LogP contribution in [0.4, 0.5) is 0 Å². The second-order valence-corrected chi connectivity index (χ2v) is 11.0. The van der Waals surface area contributed by atoms with E-state index in [-0.39, 0.29) is 17.9 Å². The first-order chi connectivity index (χ1) is 14.1. The lowest BCUT2D eigenvalue weighted by molar-refractivity contribution is -0.126. The molecular formula is C23H29BrN2O3S. The van der Waals surface area contributed by atoms with Gasteiger partial charge in [0.05, 0.1) is 10.9 Å². The van der Waals surface area contributed by atoms with Crippen molar-refractivity contribution in [1.82, 2.24) is 9.62 Å². The van der Waals surface area contributed by atoms with Crippen LogP contribution < -0.4 is 5.32 Å². The summed E-state index contributed by atoms with van der Waals surface area (Å²) in [4.78, 5) is 13.2. The molecule has 3 rings (SSSR count). The normalized spacial score (nSPS) is 17.0. The summed E-state index contributed by atoms with van der Waals surface area (Å²) in [5, 5.41) is 3.08. The number of sulfonamides is 1. The smallest absolute Gasteiger partial charge is 0.243 e. The molecule has 0 saturated carbocycles. The van der Waals surface area contributed by atoms with Gasteiger partial charge in [-0.1, -0.05) is 45.8 Å². The van der Waals surface area contributed by atoms with Crippen LogP contribution in [-0.2, 0) is 14.8 Å². The van der Waals surface area contributed by atoms with Gasteiger partial charge in [-0.15, -0.1) is 0 Å². The van der Waals surface area contributed by atoms with Gasteiger partial charge in [-0.05, 0) is 69.4 Å². The number of carbonyl (C=O) groups is 1. The molecule has 1 amide bonds. The summed E-state index contributed by atoms with van der Waals surface area (Å²) in [6, 6.07) is 11.6. The van der Waals surface area contributed by atoms with E-state index in [1.54, 1.807) is 0 Å². The lowest BCUT2D eigenvalue weighted by Crippen LogP contribution is -2.43. The lowest BCUT2D eigenvalue weighted by atomic mass is 9.96. The van der Waals surface area contributed by atoms with Crippen molar-refractivity contribution in [2.75, 3.05) is 13.1 Å². The molecule has 5 nitrogen and oxygen atoms in total. The number of halogens is 1. The highest BCUT2D eigenvalue weighted by Gasteiger charge is 2.34. The van der Waals surface area contributed by atoms with Gasteiger partial charge in [0.25, 0.3) is 0 Å². The van der Waals surface area contributed by atoms with E-state index in [1.165, 1.54) is 4.31 Å². The van der Waals surface area contributed by atoms with Crippen molar-refractivity contribution < 1.29 is 13.2 Å². The Morgan fingerprint density at radius 2 is 1.70 bits per heavy atom. The summed E-state index contributed by atoms with van der Waals surface area (Å²) in [6.07, 6.45) is 1.06. The molecule has 2 aromatic rings. The van der Waals surface area contributed by atoms with E-state index in [9.17, 15) is 13.2 Å². The van der Waals surface area contributed by atoms with Crippen molar-refractivity contribution in [2.24, 2.45) is 5.92 Å². The number of aryl methyl sites for hydroxylation is 3. The van der Waals surface area contributed by atoms with Crippen LogP contribution in [0.5, 0.6) is 0 Å². The summed E-state index contributed by atoms with van der Waals surface area (Å²) >= 11 is 3.46. The van der Waals surface area contributed by atoms with Gasteiger partial charge in [-0.2, -0.15) is 4.31 Å². The van der Waals surface area contributed by atoms with Crippen molar-refractivity contribution in [3.63, 3.8) is 0 Å². The van der Waals surface area contributed by atoms with Crippen molar-refractivity contribution in [2.45, 2.75) is 51.5 Å². The van der Waals surface area contributed by atoms with E-state index < -0.39 is 10.0 Å². The van der Waals surface area contributed by atoms with Crippen molar-refractivity contribution >= 4 is 31.9 Å². The molecule has 1 fully saturated rings. The number of hydrogen-bond acceptors (Lipinski definition) is 3. The largest absolute Gasteiger partial charge is 0.349 e. The predicted molar refractivity (Wildman–Crippen MR) is 123 cm³/mol. The summed E-state index contributed by atoms with van der Waals surface area (Å²) in [7, 11) is -3.56. The number of carbonyl (C=O) groups excluding carboxylic acids is 1. The number of hydrogen-bond donors (Lipinski definition) is 1. The standard InChI is InChI=1S/C23H29BrN2O3S/c1-15-12-16(2)22(17(3)13-15)30(28,29)26-10-8-19(9-11-26)23(27)25-18(4)20-6-5-7-21(24)14-20/h5-7,12-14,18-19H,8-11H2,1-4H3,(H,25,27). The average molecular weight is 493 g/mol. The van der Waals surface area contributed by atoms with Crippen LogP contribution >= 0.6 is 15.9 Å². The summed E-state index contributed by atoms with van der Waals surface area (Å²) in [5.74, 6) is -0.187. The van der Waals surface area contributed by atoms with Crippen molar-refractivity contribution in [3.05, 3.63) is 63.1 Å². The molecule has 0 spiro atoms. The molecule has 1 saturated heterocycles. The molecule has 1 heterocycles. The molecule has 1 unspecified atom stereocenters. The zero-order valence-electron chi connectivity index (χ0n) is 17.9. The molecular weight excluding hydrogens is 464 g/mol. The van der Waals surface area contributed by atoms with Crippen LogP contribution in [-0.4, -0.2) is 31.7 Å². The van der Waals surface area contributed by atoms with E-state index in [0.29, 0.717) is 30.8 Å². The predicted octanol–water partition coefficient (Wildman–Crippen LogP) is 4.65. The maximum absolute atomic E-state index is 13.2. The molecule has 2 aromatic carbocycles. The number of rotatable bonds is 5. The molecule has 0 aromatic heterocycles. The number of amides is 1. The summed E-state index contributed by atoms with van der Waals surface area (Å²) in [6.45, 7) is 8.33. The Kier molecular flexibility index (Phi) is 7.05. The lowest BCUT2D eigenvalue weighted by Gasteiger charge is -2.32. The third kappa shape index (κ3) is 4.95. The van der Waals surface area contributed by atoms with Crippen LogP contribution in [0.15, 0.2) is 45.8 Å². The van der Waals surface area contributed by atoms with Gasteiger partial charge >= 0.3 is 0 Å². The number of nitrogens with zero attached hydrogens (tertiary/aromatic N) is 1. The van der Waals surface area contributed by atoms with Crippen LogP contribution in [0.25, 0.3) is 0 Å². The molecule has 1 atom stereocenters. The van der Waals surface area contributed by atoms with Crippen molar-refractivity contribution in [1.29, 1.82) is 0 Å². The zero-order valence-corrected chi connectivity index (χ0v) is 20.3. The van der Waals surface area contributed by atoms with E-state index in [0.717, 1.165) is 26.7 Å². The van der Waals surface area contributed by atoms with E-state index in [4.69, 9.17) is 0 Å². The van der Waals surface area contributed by atoms with Crippen LogP contribution in [0.2, 0.25) is 0 Å². The maximum Gasteiger partial charge on any atom is 0.243 e. The quantitative estimate of drug-likeness (QED) is 0.660. The molecule has 30 heavy (non-hydrogen) atoms. The topological polar surface area (TPSA) is 66.5 Å². The highest BCUT2D eigenvalue weighted by Crippen LogP contribution is 2.29. The van der Waals surface area contributed by atoms with Crippen LogP contribution in [0.1, 0.15) is 48.1 Å². The number of benzene rings is 2. The van der Waals surface area contributed by atoms with E-state index in [2.05, 4.69) is 21.2 Å². The Morgan fingerprint density at radius 3 is 2.27 bits per heavy atom. The van der Waals surface area contributed by atoms with Gasteiger partial charge in [0.15, 0.2) is 0 Å². The monoisotopic (exact) mass is 492 g/mol. The Balaban J connectivity index is 1.65. The second-order valence-electron chi connectivity index (χ2n) is 8.19. The minimum atomic E-state index is -3.56. The second kappa shape index (κ2) is 9.20. The van der Waals surface area contributed by atoms with Gasteiger partial charge < -0.3 is 5.32 Å². The number of nitrogens with one attached hydrogen (secondary N) is 1. The average Bonchev–Trinajstić information content (AvgIpc) is 2.67. The first-order valence-corrected chi connectivity index (χ1v) is 12.5.